The van der Waals surface area contributed by atoms with Crippen LogP contribution in [0, 0.1) is 12.7 Å². The minimum atomic E-state index is -4.30. The third kappa shape index (κ3) is 7.98. The van der Waals surface area contributed by atoms with Crippen molar-refractivity contribution < 1.29 is 27.1 Å². The van der Waals surface area contributed by atoms with E-state index in [0.29, 0.717) is 18.5 Å². The molecule has 3 aromatic carbocycles. The van der Waals surface area contributed by atoms with Crippen molar-refractivity contribution in [2.45, 2.75) is 51.1 Å². The number of halogens is 2. The summed E-state index contributed by atoms with van der Waals surface area (Å²) >= 11 is 6.26. The van der Waals surface area contributed by atoms with Gasteiger partial charge in [0.05, 0.1) is 17.7 Å². The van der Waals surface area contributed by atoms with Crippen LogP contribution in [-0.2, 0) is 26.2 Å². The summed E-state index contributed by atoms with van der Waals surface area (Å²) < 4.78 is 48.1. The van der Waals surface area contributed by atoms with Crippen molar-refractivity contribution in [3.05, 3.63) is 88.7 Å². The van der Waals surface area contributed by atoms with E-state index < -0.39 is 34.3 Å². The van der Waals surface area contributed by atoms with Crippen LogP contribution >= 0.6 is 11.6 Å². The highest BCUT2D eigenvalue weighted by atomic mass is 35.5. The predicted molar refractivity (Wildman–Crippen MR) is 158 cm³/mol. The van der Waals surface area contributed by atoms with Gasteiger partial charge in [-0.1, -0.05) is 55.3 Å². The molecule has 0 spiro atoms. The van der Waals surface area contributed by atoms with Gasteiger partial charge in [-0.15, -0.1) is 0 Å². The molecule has 11 heteroatoms. The van der Waals surface area contributed by atoms with Crippen LogP contribution in [-0.4, -0.2) is 51.4 Å². The van der Waals surface area contributed by atoms with Crippen molar-refractivity contribution in [1.29, 1.82) is 0 Å². The molecule has 1 unspecified atom stereocenters. The minimum Gasteiger partial charge on any atom is -0.495 e. The molecule has 0 bridgehead atoms. The van der Waals surface area contributed by atoms with Gasteiger partial charge in [-0.2, -0.15) is 0 Å². The van der Waals surface area contributed by atoms with E-state index in [2.05, 4.69) is 5.32 Å². The molecule has 0 saturated carbocycles. The third-order valence-corrected chi connectivity index (χ3v) is 8.51. The van der Waals surface area contributed by atoms with E-state index in [1.54, 1.807) is 25.1 Å². The molecule has 2 amide bonds. The van der Waals surface area contributed by atoms with Gasteiger partial charge in [-0.05, 0) is 67.8 Å². The number of methoxy groups -OCH3 is 1. The zero-order valence-corrected chi connectivity index (χ0v) is 25.1. The van der Waals surface area contributed by atoms with Gasteiger partial charge in [0.15, 0.2) is 0 Å². The minimum absolute atomic E-state index is 0.0317. The fourth-order valence-corrected chi connectivity index (χ4v) is 5.86. The van der Waals surface area contributed by atoms with Crippen molar-refractivity contribution in [1.82, 2.24) is 10.2 Å². The van der Waals surface area contributed by atoms with Crippen molar-refractivity contribution in [2.75, 3.05) is 24.5 Å². The highest BCUT2D eigenvalue weighted by molar-refractivity contribution is 7.92. The molecule has 0 heterocycles. The first-order chi connectivity index (χ1) is 19.5. The smallest absolute Gasteiger partial charge is 0.264 e. The molecule has 0 aromatic heterocycles. The average Bonchev–Trinajstić information content (AvgIpc) is 2.95. The molecular formula is C30H35ClFN3O5S. The number of carbonyl (C=O) groups excluding carboxylic acids is 2. The van der Waals surface area contributed by atoms with E-state index in [1.165, 1.54) is 60.5 Å². The first-order valence-corrected chi connectivity index (χ1v) is 15.1. The number of rotatable bonds is 13. The van der Waals surface area contributed by atoms with Gasteiger partial charge in [0.1, 0.15) is 24.2 Å². The number of nitrogens with zero attached hydrogens (tertiary/aromatic N) is 2. The van der Waals surface area contributed by atoms with Crippen LogP contribution in [0.3, 0.4) is 0 Å². The summed E-state index contributed by atoms with van der Waals surface area (Å²) in [4.78, 5) is 28.5. The number of carbonyl (C=O) groups is 2. The number of hydrogen-bond donors (Lipinski definition) is 1. The Morgan fingerprint density at radius 3 is 2.27 bits per heavy atom. The van der Waals surface area contributed by atoms with Gasteiger partial charge < -0.3 is 15.0 Å². The standard InChI is InChI=1S/C30H35ClFN3O5S/c1-5-17-33-30(37)26(6-2)34(19-22-9-12-24(32)13-10-22)29(36)20-35(27-18-23(31)11-16-28(27)40-4)41(38,39)25-14-7-21(3)8-15-25/h7-16,18,26H,5-6,17,19-20H2,1-4H3,(H,33,37). The Morgan fingerprint density at radius 1 is 1.02 bits per heavy atom. The fourth-order valence-electron chi connectivity index (χ4n) is 4.28. The zero-order valence-electron chi connectivity index (χ0n) is 23.6. The van der Waals surface area contributed by atoms with Crippen molar-refractivity contribution >= 4 is 39.1 Å². The van der Waals surface area contributed by atoms with E-state index in [-0.39, 0.29) is 40.2 Å². The fraction of sp³-hybridized carbons (Fsp3) is 0.333. The number of benzene rings is 3. The summed E-state index contributed by atoms with van der Waals surface area (Å²) in [6, 6.07) is 15.4. The molecule has 8 nitrogen and oxygen atoms in total. The highest BCUT2D eigenvalue weighted by Crippen LogP contribution is 2.35. The number of sulfonamides is 1. The van der Waals surface area contributed by atoms with Crippen LogP contribution in [0.15, 0.2) is 71.6 Å². The van der Waals surface area contributed by atoms with Gasteiger partial charge >= 0.3 is 0 Å². The summed E-state index contributed by atoms with van der Waals surface area (Å²) in [5.74, 6) is -1.25. The first-order valence-electron chi connectivity index (χ1n) is 13.3. The second-order valence-electron chi connectivity index (χ2n) is 9.50. The van der Waals surface area contributed by atoms with Gasteiger partial charge in [0.25, 0.3) is 10.0 Å². The van der Waals surface area contributed by atoms with Crippen LogP contribution < -0.4 is 14.4 Å². The molecule has 0 fully saturated rings. The van der Waals surface area contributed by atoms with Gasteiger partial charge in [-0.25, -0.2) is 12.8 Å². The lowest BCUT2D eigenvalue weighted by molar-refractivity contribution is -0.140. The molecule has 0 aliphatic carbocycles. The van der Waals surface area contributed by atoms with E-state index >= 15 is 0 Å². The predicted octanol–water partition coefficient (Wildman–Crippen LogP) is 5.33. The summed E-state index contributed by atoms with van der Waals surface area (Å²) in [7, 11) is -2.91. The van der Waals surface area contributed by atoms with Crippen LogP contribution in [0.2, 0.25) is 5.02 Å². The van der Waals surface area contributed by atoms with E-state index in [4.69, 9.17) is 16.3 Å². The molecule has 41 heavy (non-hydrogen) atoms. The van der Waals surface area contributed by atoms with Gasteiger partial charge in [-0.3, -0.25) is 13.9 Å². The number of hydrogen-bond acceptors (Lipinski definition) is 5. The zero-order chi connectivity index (χ0) is 30.2. The average molecular weight is 604 g/mol. The molecule has 0 saturated heterocycles. The molecule has 3 rings (SSSR count). The van der Waals surface area contributed by atoms with Crippen LogP contribution in [0.5, 0.6) is 5.75 Å². The van der Waals surface area contributed by atoms with Crippen molar-refractivity contribution in [3.8, 4) is 5.75 Å². The third-order valence-electron chi connectivity index (χ3n) is 6.50. The Bertz CT molecular complexity index is 1450. The van der Waals surface area contributed by atoms with Gasteiger partial charge in [0.2, 0.25) is 11.8 Å². The van der Waals surface area contributed by atoms with Crippen LogP contribution in [0.4, 0.5) is 10.1 Å². The van der Waals surface area contributed by atoms with Crippen molar-refractivity contribution in [3.63, 3.8) is 0 Å². The maximum Gasteiger partial charge on any atom is 0.264 e. The molecule has 0 radical (unpaired) electrons. The number of nitrogens with one attached hydrogen (secondary N) is 1. The Labute approximate surface area is 246 Å². The lowest BCUT2D eigenvalue weighted by Crippen LogP contribution is -2.52. The van der Waals surface area contributed by atoms with Crippen LogP contribution in [0.25, 0.3) is 0 Å². The first kappa shape index (κ1) is 31.9. The number of ether oxygens (including phenoxy) is 1. The number of anilines is 1. The largest absolute Gasteiger partial charge is 0.495 e. The molecule has 0 aliphatic heterocycles. The van der Waals surface area contributed by atoms with Gasteiger partial charge in [0, 0.05) is 18.1 Å². The van der Waals surface area contributed by atoms with Crippen molar-refractivity contribution in [2.24, 2.45) is 0 Å². The second-order valence-corrected chi connectivity index (χ2v) is 11.8. The molecule has 1 atom stereocenters. The highest BCUT2D eigenvalue weighted by Gasteiger charge is 2.34. The Kier molecular flexibility index (Phi) is 11.1. The number of amides is 2. The van der Waals surface area contributed by atoms with E-state index in [9.17, 15) is 22.4 Å². The summed E-state index contributed by atoms with van der Waals surface area (Å²) in [5.41, 5.74) is 1.51. The molecule has 0 aliphatic rings. The normalized spacial score (nSPS) is 12.0. The van der Waals surface area contributed by atoms with Crippen LogP contribution in [0.1, 0.15) is 37.8 Å². The Hall–Kier alpha value is -3.63. The lowest BCUT2D eigenvalue weighted by atomic mass is 10.1. The van der Waals surface area contributed by atoms with E-state index in [0.717, 1.165) is 9.87 Å². The Morgan fingerprint density at radius 2 is 1.68 bits per heavy atom. The maximum absolute atomic E-state index is 14.1. The summed E-state index contributed by atoms with van der Waals surface area (Å²) in [6.07, 6.45) is 0.971. The molecule has 1 N–H and O–H groups in total. The second kappa shape index (κ2) is 14.3. The van der Waals surface area contributed by atoms with E-state index in [1.807, 2.05) is 13.8 Å². The lowest BCUT2D eigenvalue weighted by Gasteiger charge is -2.33. The number of aryl methyl sites for hydroxylation is 1. The Balaban J connectivity index is 2.11. The molecule has 3 aromatic rings. The SMILES string of the molecule is CCCNC(=O)C(CC)N(Cc1ccc(F)cc1)C(=O)CN(c1cc(Cl)ccc1OC)S(=O)(=O)c1ccc(C)cc1. The monoisotopic (exact) mass is 603 g/mol. The summed E-state index contributed by atoms with van der Waals surface area (Å²) in [5, 5.41) is 3.07. The molecule has 220 valence electrons. The summed E-state index contributed by atoms with van der Waals surface area (Å²) in [6.45, 7) is 5.24. The molecular weight excluding hydrogens is 569 g/mol. The topological polar surface area (TPSA) is 96.0 Å². The quantitative estimate of drug-likeness (QED) is 0.285. The maximum atomic E-state index is 14.1.